The van der Waals surface area contributed by atoms with E-state index in [-0.39, 0.29) is 11.9 Å². The maximum Gasteiger partial charge on any atom is 0.236 e. The van der Waals surface area contributed by atoms with Crippen molar-refractivity contribution in [3.8, 4) is 5.75 Å². The number of methoxy groups -OCH3 is 1. The molecule has 0 saturated carbocycles. The van der Waals surface area contributed by atoms with Crippen LogP contribution >= 0.6 is 0 Å². The van der Waals surface area contributed by atoms with Crippen molar-refractivity contribution < 1.29 is 9.53 Å². The van der Waals surface area contributed by atoms with Gasteiger partial charge < -0.3 is 15.4 Å². The Balaban J connectivity index is 2.43. The average molecular weight is 236 g/mol. The van der Waals surface area contributed by atoms with Crippen LogP contribution in [0.5, 0.6) is 5.75 Å². The third kappa shape index (κ3) is 4.07. The Morgan fingerprint density at radius 3 is 2.76 bits per heavy atom. The highest BCUT2D eigenvalue weighted by atomic mass is 16.5. The van der Waals surface area contributed by atoms with Gasteiger partial charge in [-0.3, -0.25) is 4.79 Å². The van der Waals surface area contributed by atoms with Gasteiger partial charge in [-0.25, -0.2) is 0 Å². The molecule has 1 aromatic carbocycles. The van der Waals surface area contributed by atoms with Gasteiger partial charge in [0, 0.05) is 6.54 Å². The summed E-state index contributed by atoms with van der Waals surface area (Å²) in [6.45, 7) is 2.45. The smallest absolute Gasteiger partial charge is 0.236 e. The molecular formula is C13H20N2O2. The number of ether oxygens (including phenoxy) is 1. The molecule has 1 aromatic rings. The van der Waals surface area contributed by atoms with E-state index in [1.807, 2.05) is 31.2 Å². The van der Waals surface area contributed by atoms with Gasteiger partial charge in [-0.1, -0.05) is 18.2 Å². The van der Waals surface area contributed by atoms with E-state index in [4.69, 9.17) is 4.74 Å². The Bertz CT molecular complexity index is 366. The highest BCUT2D eigenvalue weighted by Gasteiger charge is 2.09. The molecule has 0 saturated heterocycles. The van der Waals surface area contributed by atoms with Crippen LogP contribution in [0.4, 0.5) is 0 Å². The van der Waals surface area contributed by atoms with Gasteiger partial charge in [0.05, 0.1) is 13.2 Å². The Labute approximate surface area is 102 Å². The molecule has 0 heterocycles. The second-order valence-corrected chi connectivity index (χ2v) is 3.86. The van der Waals surface area contributed by atoms with Crippen LogP contribution in [0.2, 0.25) is 0 Å². The fraction of sp³-hybridized carbons (Fsp3) is 0.462. The van der Waals surface area contributed by atoms with Crippen LogP contribution in [-0.2, 0) is 11.2 Å². The van der Waals surface area contributed by atoms with Crippen LogP contribution in [0.15, 0.2) is 24.3 Å². The monoisotopic (exact) mass is 236 g/mol. The zero-order valence-electron chi connectivity index (χ0n) is 10.6. The molecule has 94 valence electrons. The predicted molar refractivity (Wildman–Crippen MR) is 68.2 cm³/mol. The fourth-order valence-corrected chi connectivity index (χ4v) is 1.51. The molecule has 17 heavy (non-hydrogen) atoms. The van der Waals surface area contributed by atoms with Crippen LogP contribution in [0.1, 0.15) is 12.5 Å². The quantitative estimate of drug-likeness (QED) is 0.773. The van der Waals surface area contributed by atoms with Gasteiger partial charge in [0.2, 0.25) is 5.91 Å². The lowest BCUT2D eigenvalue weighted by Crippen LogP contribution is -2.41. The van der Waals surface area contributed by atoms with E-state index in [0.717, 1.165) is 17.7 Å². The zero-order valence-corrected chi connectivity index (χ0v) is 10.6. The summed E-state index contributed by atoms with van der Waals surface area (Å²) in [6.07, 6.45) is 0.770. The molecule has 0 aromatic heterocycles. The van der Waals surface area contributed by atoms with Crippen molar-refractivity contribution in [2.45, 2.75) is 19.4 Å². The molecule has 0 radical (unpaired) electrons. The standard InChI is InChI=1S/C13H20N2O2/c1-10(14-2)13(16)15-9-8-11-6-4-5-7-12(11)17-3/h4-7,10,14H,8-9H2,1-3H3,(H,15,16). The number of likely N-dealkylation sites (N-methyl/N-ethyl adjacent to an activating group) is 1. The summed E-state index contributed by atoms with van der Waals surface area (Å²) in [5.74, 6) is 0.880. The van der Waals surface area contributed by atoms with Crippen LogP contribution in [0, 0.1) is 0 Å². The van der Waals surface area contributed by atoms with E-state index in [0.29, 0.717) is 6.54 Å². The molecule has 4 heteroatoms. The first-order valence-electron chi connectivity index (χ1n) is 5.76. The minimum atomic E-state index is -0.160. The molecule has 0 spiro atoms. The number of amides is 1. The van der Waals surface area contributed by atoms with Crippen LogP contribution in [0.3, 0.4) is 0 Å². The van der Waals surface area contributed by atoms with E-state index in [2.05, 4.69) is 10.6 Å². The lowest BCUT2D eigenvalue weighted by Gasteiger charge is -2.12. The Kier molecular flexibility index (Phi) is 5.49. The minimum Gasteiger partial charge on any atom is -0.496 e. The minimum absolute atomic E-state index is 0.0161. The topological polar surface area (TPSA) is 50.4 Å². The third-order valence-corrected chi connectivity index (χ3v) is 2.71. The summed E-state index contributed by atoms with van der Waals surface area (Å²) in [5.41, 5.74) is 1.10. The van der Waals surface area contributed by atoms with E-state index in [9.17, 15) is 4.79 Å². The first-order chi connectivity index (χ1) is 8.19. The van der Waals surface area contributed by atoms with Gasteiger partial charge in [-0.2, -0.15) is 0 Å². The van der Waals surface area contributed by atoms with Crippen LogP contribution < -0.4 is 15.4 Å². The third-order valence-electron chi connectivity index (χ3n) is 2.71. The highest BCUT2D eigenvalue weighted by molar-refractivity contribution is 5.81. The number of para-hydroxylation sites is 1. The van der Waals surface area contributed by atoms with Crippen molar-refractivity contribution in [2.75, 3.05) is 20.7 Å². The molecule has 1 atom stereocenters. The molecule has 1 amide bonds. The van der Waals surface area contributed by atoms with Gasteiger partial charge >= 0.3 is 0 Å². The summed E-state index contributed by atoms with van der Waals surface area (Å²) < 4.78 is 5.25. The van der Waals surface area contributed by atoms with Crippen molar-refractivity contribution in [1.82, 2.24) is 10.6 Å². The summed E-state index contributed by atoms with van der Waals surface area (Å²) in [4.78, 5) is 11.5. The SMILES string of the molecule is CNC(C)C(=O)NCCc1ccccc1OC. The summed E-state index contributed by atoms with van der Waals surface area (Å²) in [6, 6.07) is 7.67. The van der Waals surface area contributed by atoms with Gasteiger partial charge in [0.15, 0.2) is 0 Å². The second kappa shape index (κ2) is 6.91. The van der Waals surface area contributed by atoms with Gasteiger partial charge in [0.1, 0.15) is 5.75 Å². The normalized spacial score (nSPS) is 11.9. The lowest BCUT2D eigenvalue weighted by molar-refractivity contribution is -0.122. The molecule has 0 fully saturated rings. The van der Waals surface area contributed by atoms with Gasteiger partial charge in [-0.05, 0) is 32.0 Å². The number of rotatable bonds is 6. The van der Waals surface area contributed by atoms with E-state index < -0.39 is 0 Å². The first-order valence-corrected chi connectivity index (χ1v) is 5.76. The number of benzene rings is 1. The lowest BCUT2D eigenvalue weighted by atomic mass is 10.1. The first kappa shape index (κ1) is 13.5. The number of carbonyl (C=O) groups is 1. The predicted octanol–water partition coefficient (Wildman–Crippen LogP) is 0.962. The van der Waals surface area contributed by atoms with E-state index in [1.54, 1.807) is 14.2 Å². The maximum atomic E-state index is 11.5. The van der Waals surface area contributed by atoms with E-state index >= 15 is 0 Å². The Morgan fingerprint density at radius 1 is 1.41 bits per heavy atom. The maximum absolute atomic E-state index is 11.5. The molecule has 0 bridgehead atoms. The molecule has 2 N–H and O–H groups in total. The van der Waals surface area contributed by atoms with E-state index in [1.165, 1.54) is 0 Å². The second-order valence-electron chi connectivity index (χ2n) is 3.86. The van der Waals surface area contributed by atoms with Crippen molar-refractivity contribution in [3.63, 3.8) is 0 Å². The van der Waals surface area contributed by atoms with Crippen molar-refractivity contribution in [1.29, 1.82) is 0 Å². The number of nitrogens with one attached hydrogen (secondary N) is 2. The average Bonchev–Trinajstić information content (AvgIpc) is 2.38. The van der Waals surface area contributed by atoms with Crippen LogP contribution in [-0.4, -0.2) is 32.7 Å². The summed E-state index contributed by atoms with van der Waals surface area (Å²) >= 11 is 0. The van der Waals surface area contributed by atoms with Crippen molar-refractivity contribution in [3.05, 3.63) is 29.8 Å². The van der Waals surface area contributed by atoms with Crippen LogP contribution in [0.25, 0.3) is 0 Å². The molecule has 0 aliphatic rings. The molecule has 0 aliphatic carbocycles. The zero-order chi connectivity index (χ0) is 12.7. The van der Waals surface area contributed by atoms with Crippen molar-refractivity contribution in [2.24, 2.45) is 0 Å². The Hall–Kier alpha value is -1.55. The molecule has 0 aliphatic heterocycles. The van der Waals surface area contributed by atoms with Gasteiger partial charge in [-0.15, -0.1) is 0 Å². The number of hydrogen-bond donors (Lipinski definition) is 2. The molecule has 4 nitrogen and oxygen atoms in total. The molecule has 1 unspecified atom stereocenters. The summed E-state index contributed by atoms with van der Waals surface area (Å²) in [5, 5.41) is 5.78. The van der Waals surface area contributed by atoms with Crippen molar-refractivity contribution >= 4 is 5.91 Å². The summed E-state index contributed by atoms with van der Waals surface area (Å²) in [7, 11) is 3.42. The molecule has 1 rings (SSSR count). The highest BCUT2D eigenvalue weighted by Crippen LogP contribution is 2.17. The fourth-order valence-electron chi connectivity index (χ4n) is 1.51. The Morgan fingerprint density at radius 2 is 2.12 bits per heavy atom. The number of hydrogen-bond acceptors (Lipinski definition) is 3. The molecular weight excluding hydrogens is 216 g/mol. The van der Waals surface area contributed by atoms with Gasteiger partial charge in [0.25, 0.3) is 0 Å². The largest absolute Gasteiger partial charge is 0.496 e. The number of carbonyl (C=O) groups excluding carboxylic acids is 1.